The summed E-state index contributed by atoms with van der Waals surface area (Å²) < 4.78 is 0. The third-order valence-electron chi connectivity index (χ3n) is 2.18. The van der Waals surface area contributed by atoms with Crippen molar-refractivity contribution in [1.82, 2.24) is 0 Å². The van der Waals surface area contributed by atoms with Gasteiger partial charge < -0.3 is 10.2 Å². The van der Waals surface area contributed by atoms with E-state index in [4.69, 9.17) is 10.2 Å². The van der Waals surface area contributed by atoms with Crippen molar-refractivity contribution in [2.45, 2.75) is 94.4 Å². The summed E-state index contributed by atoms with van der Waals surface area (Å²) in [6, 6.07) is 0. The van der Waals surface area contributed by atoms with E-state index >= 15 is 0 Å². The summed E-state index contributed by atoms with van der Waals surface area (Å²) in [6.07, 6.45) is 3.95. The number of hydrogen-bond donors (Lipinski definition) is 2. The number of rotatable bonds is 11. The van der Waals surface area contributed by atoms with E-state index in [0.717, 1.165) is 0 Å². The first-order chi connectivity index (χ1) is 15.0. The first kappa shape index (κ1) is 54.1. The molecule has 204 valence electrons. The van der Waals surface area contributed by atoms with Gasteiger partial charge in [-0.2, -0.15) is 0 Å². The van der Waals surface area contributed by atoms with Crippen molar-refractivity contribution in [2.75, 3.05) is 13.2 Å². The second-order valence-corrected chi connectivity index (χ2v) is 5.27. The van der Waals surface area contributed by atoms with Crippen LogP contribution in [0.5, 0.6) is 0 Å². The molecule has 0 amide bonds. The van der Waals surface area contributed by atoms with Crippen molar-refractivity contribution in [3.8, 4) is 0 Å². The monoisotopic (exact) mass is 834 g/mol. The molecule has 0 bridgehead atoms. The molecule has 0 heterocycles. The van der Waals surface area contributed by atoms with Crippen LogP contribution in [0.1, 0.15) is 94.4 Å². The molecule has 0 aromatic rings. The molecule has 0 aromatic heterocycles. The molecule has 0 aliphatic rings. The number of carbonyl (C=O) groups is 5. The fourth-order valence-corrected chi connectivity index (χ4v) is 0.732. The van der Waals surface area contributed by atoms with Gasteiger partial charge in [-0.05, 0) is 13.8 Å². The third kappa shape index (κ3) is 109. The zero-order chi connectivity index (χ0) is 27.0. The topological polar surface area (TPSA) is 144 Å². The normalized spacial score (nSPS) is 7.32. The van der Waals surface area contributed by atoms with Gasteiger partial charge in [0.25, 0.3) is 0 Å². The first-order valence-corrected chi connectivity index (χ1v) is 10.8. The molecule has 2 N–H and O–H groups in total. The molecule has 34 heavy (non-hydrogen) atoms. The van der Waals surface area contributed by atoms with Crippen LogP contribution in [0, 0.1) is 0 Å². The van der Waals surface area contributed by atoms with Gasteiger partial charge in [-0.15, -0.1) is 6.58 Å². The Labute approximate surface area is 234 Å². The number of unbranched alkanes of at least 4 members (excludes halogenated alkanes) is 1. The Balaban J connectivity index is -0.0000000426. The van der Waals surface area contributed by atoms with Crippen LogP contribution < -0.4 is 0 Å². The van der Waals surface area contributed by atoms with Crippen LogP contribution in [0.3, 0.4) is 0 Å². The summed E-state index contributed by atoms with van der Waals surface area (Å²) in [5, 5.41) is 15.7. The van der Waals surface area contributed by atoms with E-state index in [0.29, 0.717) is 13.0 Å². The van der Waals surface area contributed by atoms with Crippen molar-refractivity contribution < 1.29 is 86.1 Å². The summed E-state index contributed by atoms with van der Waals surface area (Å²) in [6.45, 7) is 20.4. The molecule has 0 aromatic carbocycles. The molecule has 0 rings (SSSR count). The summed E-state index contributed by atoms with van der Waals surface area (Å²) in [5.41, 5.74) is 0. The minimum absolute atomic E-state index is 0. The number of ketones is 3. The molecule has 0 aliphatic heterocycles. The molecule has 0 saturated carbocycles. The van der Waals surface area contributed by atoms with Gasteiger partial charge in [0.2, 0.25) is 0 Å². The Morgan fingerprint density at radius 3 is 1.21 bits per heavy atom. The summed E-state index contributed by atoms with van der Waals surface area (Å²) in [5.74, 6) is -2.72. The van der Waals surface area contributed by atoms with Crippen LogP contribution in [-0.2, 0) is 75.9 Å². The van der Waals surface area contributed by atoms with Crippen molar-refractivity contribution in [1.29, 1.82) is 0 Å². The number of Topliss-reactive ketones (excluding diaryl/α,β-unsaturated/α-hetero) is 3. The van der Waals surface area contributed by atoms with E-state index in [1.807, 2.05) is 27.7 Å². The van der Waals surface area contributed by atoms with Crippen molar-refractivity contribution >= 4 is 29.3 Å². The fraction of sp³-hybridized carbons (Fsp3) is 0.696. The average molecular weight is 834 g/mol. The maximum atomic E-state index is 10.5. The molecule has 11 heteroatoms. The SMILES string of the molecule is C=CCOOCC(=O)CC.CC.CC.CC(=O)CC(=O)O.CC(=O)CC(=O)O.CCCC.[W].[W]. The minimum Gasteiger partial charge on any atom is -0.481 e. The number of carboxylic acid groups (broad SMARTS) is 2. The third-order valence-corrected chi connectivity index (χ3v) is 2.18. The van der Waals surface area contributed by atoms with E-state index < -0.39 is 11.9 Å². The number of aliphatic carboxylic acids is 2. The second kappa shape index (κ2) is 53.4. The van der Waals surface area contributed by atoms with Crippen LogP contribution in [-0.4, -0.2) is 52.7 Å². The number of carbonyl (C=O) groups excluding carboxylic acids is 3. The van der Waals surface area contributed by atoms with Crippen LogP contribution >= 0.6 is 0 Å². The van der Waals surface area contributed by atoms with Crippen molar-refractivity contribution in [2.24, 2.45) is 0 Å². The largest absolute Gasteiger partial charge is 0.481 e. The van der Waals surface area contributed by atoms with Gasteiger partial charge >= 0.3 is 11.9 Å². The number of carboxylic acids is 2. The molecule has 0 aliphatic carbocycles. The number of hydrogen-bond acceptors (Lipinski definition) is 7. The van der Waals surface area contributed by atoms with Gasteiger partial charge in [-0.3, -0.25) is 24.0 Å². The quantitative estimate of drug-likeness (QED) is 0.0961. The predicted molar refractivity (Wildman–Crippen MR) is 127 cm³/mol. The van der Waals surface area contributed by atoms with Crippen LogP contribution in [0.25, 0.3) is 0 Å². The predicted octanol–water partition coefficient (Wildman–Crippen LogP) is 5.05. The zero-order valence-corrected chi connectivity index (χ0v) is 28.2. The van der Waals surface area contributed by atoms with E-state index in [2.05, 4.69) is 30.2 Å². The van der Waals surface area contributed by atoms with E-state index in [-0.39, 0.29) is 78.9 Å². The Morgan fingerprint density at radius 2 is 1.06 bits per heavy atom. The van der Waals surface area contributed by atoms with E-state index in [1.54, 1.807) is 13.0 Å². The summed E-state index contributed by atoms with van der Waals surface area (Å²) in [4.78, 5) is 58.5. The molecular formula is C23H46O9W2. The second-order valence-electron chi connectivity index (χ2n) is 5.27. The van der Waals surface area contributed by atoms with E-state index in [1.165, 1.54) is 26.7 Å². The standard InChI is InChI=1S/C7H12O3.2C4H6O3.C4H10.2C2H6.2W/c1-3-5-9-10-6-7(8)4-2;2*1-3(5)2-4(6)7;1-3-4-2;2*1-2;;/h3H,1,4-6H2,2H3;2*2H2,1H3,(H,6,7);3-4H2,1-2H3;2*1-2H3;;. The van der Waals surface area contributed by atoms with Gasteiger partial charge in [-0.25, -0.2) is 9.78 Å². The molecule has 0 unspecified atom stereocenters. The summed E-state index contributed by atoms with van der Waals surface area (Å²) in [7, 11) is 0. The van der Waals surface area contributed by atoms with Crippen molar-refractivity contribution in [3.63, 3.8) is 0 Å². The Kier molecular flexibility index (Phi) is 84.9. The molecule has 0 fully saturated rings. The van der Waals surface area contributed by atoms with Crippen LogP contribution in [0.2, 0.25) is 0 Å². The fourth-order valence-electron chi connectivity index (χ4n) is 0.732. The molecule has 9 nitrogen and oxygen atoms in total. The Morgan fingerprint density at radius 1 is 0.735 bits per heavy atom. The first-order valence-electron chi connectivity index (χ1n) is 10.8. The smallest absolute Gasteiger partial charge is 0.310 e. The Bertz CT molecular complexity index is 417. The molecule has 0 radical (unpaired) electrons. The minimum atomic E-state index is -1.06. The Hall–Kier alpha value is -1.01. The maximum absolute atomic E-state index is 10.5. The zero-order valence-electron chi connectivity index (χ0n) is 22.3. The maximum Gasteiger partial charge on any atom is 0.310 e. The van der Waals surface area contributed by atoms with Gasteiger partial charge in [-0.1, -0.05) is 67.4 Å². The molecule has 0 saturated heterocycles. The van der Waals surface area contributed by atoms with Crippen molar-refractivity contribution in [3.05, 3.63) is 12.7 Å². The molecular weight excluding hydrogens is 788 g/mol. The molecule has 0 atom stereocenters. The van der Waals surface area contributed by atoms with Crippen LogP contribution in [0.4, 0.5) is 0 Å². The average Bonchev–Trinajstić information content (AvgIpc) is 2.73. The molecule has 0 spiro atoms. The van der Waals surface area contributed by atoms with E-state index in [9.17, 15) is 24.0 Å². The van der Waals surface area contributed by atoms with Gasteiger partial charge in [0.1, 0.15) is 37.6 Å². The summed E-state index contributed by atoms with van der Waals surface area (Å²) >= 11 is 0. The van der Waals surface area contributed by atoms with Crippen LogP contribution in [0.15, 0.2) is 12.7 Å². The van der Waals surface area contributed by atoms with Gasteiger partial charge in [0.05, 0.1) is 0 Å². The van der Waals surface area contributed by atoms with Gasteiger partial charge in [0, 0.05) is 48.6 Å². The van der Waals surface area contributed by atoms with Gasteiger partial charge in [0.15, 0.2) is 5.78 Å².